The number of benzene rings is 1. The highest BCUT2D eigenvalue weighted by molar-refractivity contribution is 14.0. The Labute approximate surface area is 147 Å². The SMILES string of the molecule is I.NC(=NCc1cc(-c2ccccc2)no1)NC1CCCC1. The number of nitrogens with two attached hydrogens (primary N) is 1. The summed E-state index contributed by atoms with van der Waals surface area (Å²) < 4.78 is 5.30. The van der Waals surface area contributed by atoms with Gasteiger partial charge in [0.15, 0.2) is 11.7 Å². The Bertz CT molecular complexity index is 606. The number of hydrogen-bond acceptors (Lipinski definition) is 3. The maximum absolute atomic E-state index is 5.90. The number of nitrogens with one attached hydrogen (secondary N) is 1. The van der Waals surface area contributed by atoms with Crippen molar-refractivity contribution in [3.8, 4) is 11.3 Å². The Hall–Kier alpha value is -1.57. The van der Waals surface area contributed by atoms with Crippen molar-refractivity contribution >= 4 is 29.9 Å². The Kier molecular flexibility index (Phi) is 6.23. The van der Waals surface area contributed by atoms with E-state index in [1.165, 1.54) is 25.7 Å². The third kappa shape index (κ3) is 4.46. The van der Waals surface area contributed by atoms with Crippen LogP contribution in [-0.4, -0.2) is 17.2 Å². The monoisotopic (exact) mass is 412 g/mol. The van der Waals surface area contributed by atoms with Gasteiger partial charge < -0.3 is 15.6 Å². The van der Waals surface area contributed by atoms with E-state index in [9.17, 15) is 0 Å². The van der Waals surface area contributed by atoms with Crippen LogP contribution in [0, 0.1) is 0 Å². The van der Waals surface area contributed by atoms with Crippen LogP contribution in [0.4, 0.5) is 0 Å². The summed E-state index contributed by atoms with van der Waals surface area (Å²) in [5.74, 6) is 1.20. The number of nitrogens with zero attached hydrogens (tertiary/aromatic N) is 2. The third-order valence-electron chi connectivity index (χ3n) is 3.74. The van der Waals surface area contributed by atoms with Crippen molar-refractivity contribution in [2.45, 2.75) is 38.3 Å². The van der Waals surface area contributed by atoms with Gasteiger partial charge in [-0.25, -0.2) is 4.99 Å². The first-order valence-corrected chi connectivity index (χ1v) is 7.39. The van der Waals surface area contributed by atoms with Crippen molar-refractivity contribution in [3.05, 3.63) is 42.2 Å². The minimum atomic E-state index is 0. The molecular weight excluding hydrogens is 391 g/mol. The summed E-state index contributed by atoms with van der Waals surface area (Å²) in [5.41, 5.74) is 7.75. The number of rotatable bonds is 4. The molecule has 6 heteroatoms. The first-order chi connectivity index (χ1) is 10.3. The number of aliphatic imine (C=N–C) groups is 1. The zero-order valence-electron chi connectivity index (χ0n) is 12.4. The van der Waals surface area contributed by atoms with E-state index in [1.54, 1.807) is 0 Å². The summed E-state index contributed by atoms with van der Waals surface area (Å²) in [7, 11) is 0. The van der Waals surface area contributed by atoms with E-state index in [0.717, 1.165) is 11.3 Å². The molecule has 0 aliphatic heterocycles. The van der Waals surface area contributed by atoms with Crippen LogP contribution in [0.5, 0.6) is 0 Å². The van der Waals surface area contributed by atoms with Gasteiger partial charge in [0.2, 0.25) is 0 Å². The van der Waals surface area contributed by atoms with Crippen LogP contribution >= 0.6 is 24.0 Å². The van der Waals surface area contributed by atoms with Gasteiger partial charge in [0, 0.05) is 17.7 Å². The minimum Gasteiger partial charge on any atom is -0.370 e. The molecule has 0 unspecified atom stereocenters. The van der Waals surface area contributed by atoms with Crippen LogP contribution in [0.3, 0.4) is 0 Å². The standard InChI is InChI=1S/C16H20N4O.HI/c17-16(19-13-8-4-5-9-13)18-11-14-10-15(20-21-14)12-6-2-1-3-7-12;/h1-3,6-7,10,13H,4-5,8-9,11H2,(H3,17,18,19);1H. The Morgan fingerprint density at radius 1 is 1.27 bits per heavy atom. The van der Waals surface area contributed by atoms with E-state index >= 15 is 0 Å². The number of guanidine groups is 1. The lowest BCUT2D eigenvalue weighted by atomic mass is 10.1. The number of aromatic nitrogens is 1. The van der Waals surface area contributed by atoms with Crippen molar-refractivity contribution in [2.75, 3.05) is 0 Å². The summed E-state index contributed by atoms with van der Waals surface area (Å²) in [6.45, 7) is 0.408. The Balaban J connectivity index is 0.00000176. The average molecular weight is 412 g/mol. The first kappa shape index (κ1) is 16.8. The minimum absolute atomic E-state index is 0. The van der Waals surface area contributed by atoms with Crippen LogP contribution < -0.4 is 11.1 Å². The fraction of sp³-hybridized carbons (Fsp3) is 0.375. The van der Waals surface area contributed by atoms with Gasteiger partial charge in [-0.1, -0.05) is 48.3 Å². The molecule has 1 aromatic heterocycles. The van der Waals surface area contributed by atoms with E-state index in [-0.39, 0.29) is 24.0 Å². The van der Waals surface area contributed by atoms with Crippen molar-refractivity contribution < 1.29 is 4.52 Å². The molecule has 1 saturated carbocycles. The highest BCUT2D eigenvalue weighted by atomic mass is 127. The molecule has 1 fully saturated rings. The van der Waals surface area contributed by atoms with E-state index < -0.39 is 0 Å². The molecule has 3 rings (SSSR count). The van der Waals surface area contributed by atoms with Crippen LogP contribution in [0.2, 0.25) is 0 Å². The Morgan fingerprint density at radius 2 is 2.00 bits per heavy atom. The molecule has 1 aliphatic rings. The van der Waals surface area contributed by atoms with E-state index in [0.29, 0.717) is 24.3 Å². The average Bonchev–Trinajstić information content (AvgIpc) is 3.17. The highest BCUT2D eigenvalue weighted by Crippen LogP contribution is 2.19. The molecule has 22 heavy (non-hydrogen) atoms. The lowest BCUT2D eigenvalue weighted by Crippen LogP contribution is -2.38. The number of hydrogen-bond donors (Lipinski definition) is 2. The normalized spacial score (nSPS) is 15.5. The maximum atomic E-state index is 5.90. The predicted octanol–water partition coefficient (Wildman–Crippen LogP) is 3.31. The topological polar surface area (TPSA) is 76.4 Å². The molecule has 2 aromatic rings. The zero-order valence-corrected chi connectivity index (χ0v) is 14.7. The van der Waals surface area contributed by atoms with Gasteiger partial charge in [-0.05, 0) is 12.8 Å². The van der Waals surface area contributed by atoms with E-state index in [1.807, 2.05) is 36.4 Å². The van der Waals surface area contributed by atoms with Crippen LogP contribution in [0.1, 0.15) is 31.4 Å². The summed E-state index contributed by atoms with van der Waals surface area (Å²) in [6.07, 6.45) is 4.90. The molecule has 0 amide bonds. The molecule has 0 saturated heterocycles. The lowest BCUT2D eigenvalue weighted by Gasteiger charge is -2.11. The molecule has 0 atom stereocenters. The lowest BCUT2D eigenvalue weighted by molar-refractivity contribution is 0.387. The quantitative estimate of drug-likeness (QED) is 0.459. The smallest absolute Gasteiger partial charge is 0.189 e. The fourth-order valence-electron chi connectivity index (χ4n) is 2.62. The van der Waals surface area contributed by atoms with Gasteiger partial charge in [0.25, 0.3) is 0 Å². The second-order valence-corrected chi connectivity index (χ2v) is 5.37. The van der Waals surface area contributed by atoms with Gasteiger partial charge in [-0.2, -0.15) is 0 Å². The van der Waals surface area contributed by atoms with Crippen molar-refractivity contribution in [1.29, 1.82) is 0 Å². The molecule has 0 spiro atoms. The number of halogens is 1. The van der Waals surface area contributed by atoms with Crippen molar-refractivity contribution in [3.63, 3.8) is 0 Å². The summed E-state index contributed by atoms with van der Waals surface area (Å²) in [5, 5.41) is 7.32. The second-order valence-electron chi connectivity index (χ2n) is 5.37. The Morgan fingerprint density at radius 3 is 2.73 bits per heavy atom. The predicted molar refractivity (Wildman–Crippen MR) is 98.1 cm³/mol. The molecule has 3 N–H and O–H groups in total. The fourth-order valence-corrected chi connectivity index (χ4v) is 2.62. The molecule has 0 radical (unpaired) electrons. The third-order valence-corrected chi connectivity index (χ3v) is 3.74. The van der Waals surface area contributed by atoms with Crippen LogP contribution in [0.25, 0.3) is 11.3 Å². The van der Waals surface area contributed by atoms with Gasteiger partial charge in [-0.3, -0.25) is 0 Å². The van der Waals surface area contributed by atoms with Gasteiger partial charge in [0.05, 0.1) is 0 Å². The molecule has 1 aliphatic carbocycles. The van der Waals surface area contributed by atoms with Gasteiger partial charge in [0.1, 0.15) is 12.2 Å². The van der Waals surface area contributed by atoms with E-state index in [2.05, 4.69) is 15.5 Å². The van der Waals surface area contributed by atoms with Gasteiger partial charge in [-0.15, -0.1) is 24.0 Å². The zero-order chi connectivity index (χ0) is 14.5. The molecule has 5 nitrogen and oxygen atoms in total. The summed E-state index contributed by atoms with van der Waals surface area (Å²) in [4.78, 5) is 4.31. The summed E-state index contributed by atoms with van der Waals surface area (Å²) in [6, 6.07) is 12.3. The molecule has 0 bridgehead atoms. The maximum Gasteiger partial charge on any atom is 0.189 e. The van der Waals surface area contributed by atoms with Crippen molar-refractivity contribution in [1.82, 2.24) is 10.5 Å². The molecule has 1 aromatic carbocycles. The van der Waals surface area contributed by atoms with Crippen LogP contribution in [0.15, 0.2) is 45.9 Å². The molecule has 1 heterocycles. The van der Waals surface area contributed by atoms with Crippen LogP contribution in [-0.2, 0) is 6.54 Å². The van der Waals surface area contributed by atoms with E-state index in [4.69, 9.17) is 10.3 Å². The molecular formula is C16H21IN4O. The molecule has 118 valence electrons. The first-order valence-electron chi connectivity index (χ1n) is 7.39. The largest absolute Gasteiger partial charge is 0.370 e. The second kappa shape index (κ2) is 8.17. The van der Waals surface area contributed by atoms with Gasteiger partial charge >= 0.3 is 0 Å². The van der Waals surface area contributed by atoms with Crippen molar-refractivity contribution in [2.24, 2.45) is 10.7 Å². The highest BCUT2D eigenvalue weighted by Gasteiger charge is 2.14. The summed E-state index contributed by atoms with van der Waals surface area (Å²) >= 11 is 0.